The molecular weight excluding hydrogens is 250 g/mol. The summed E-state index contributed by atoms with van der Waals surface area (Å²) >= 11 is 0. The topological polar surface area (TPSA) is 111 Å². The van der Waals surface area contributed by atoms with Crippen LogP contribution in [0.2, 0.25) is 0 Å². The van der Waals surface area contributed by atoms with Gasteiger partial charge in [-0.15, -0.1) is 0 Å². The number of nitriles is 1. The van der Waals surface area contributed by atoms with Gasteiger partial charge < -0.3 is 19.7 Å². The van der Waals surface area contributed by atoms with Crippen molar-refractivity contribution in [1.82, 2.24) is 5.16 Å². The zero-order valence-electron chi connectivity index (χ0n) is 9.91. The van der Waals surface area contributed by atoms with Gasteiger partial charge in [-0.25, -0.2) is 4.79 Å². The second-order valence-electron chi connectivity index (χ2n) is 3.53. The van der Waals surface area contributed by atoms with Crippen LogP contribution < -0.4 is 15.2 Å². The smallest absolute Gasteiger partial charge is 0.410 e. The molecule has 0 saturated heterocycles. The Bertz CT molecular complexity index is 640. The van der Waals surface area contributed by atoms with Crippen LogP contribution in [0.15, 0.2) is 28.8 Å². The summed E-state index contributed by atoms with van der Waals surface area (Å²) < 4.78 is 15.0. The van der Waals surface area contributed by atoms with Crippen LogP contribution in [-0.2, 0) is 0 Å². The number of primary amides is 1. The zero-order valence-corrected chi connectivity index (χ0v) is 9.91. The second-order valence-corrected chi connectivity index (χ2v) is 3.53. The van der Waals surface area contributed by atoms with Crippen LogP contribution in [0.5, 0.6) is 17.4 Å². The monoisotopic (exact) mass is 259 g/mol. The molecule has 0 fully saturated rings. The lowest BCUT2D eigenvalue weighted by atomic mass is 10.2. The first kappa shape index (κ1) is 12.4. The van der Waals surface area contributed by atoms with E-state index in [0.717, 1.165) is 0 Å². The molecule has 2 rings (SSSR count). The quantitative estimate of drug-likeness (QED) is 0.903. The number of carbonyl (C=O) groups excluding carboxylic acids is 1. The van der Waals surface area contributed by atoms with Crippen molar-refractivity contribution in [1.29, 1.82) is 5.26 Å². The van der Waals surface area contributed by atoms with Gasteiger partial charge in [0.1, 0.15) is 5.75 Å². The predicted octanol–water partition coefficient (Wildman–Crippen LogP) is 2.10. The highest BCUT2D eigenvalue weighted by atomic mass is 16.6. The maximum atomic E-state index is 10.7. The first-order valence-electron chi connectivity index (χ1n) is 5.21. The van der Waals surface area contributed by atoms with Crippen molar-refractivity contribution in [3.05, 3.63) is 35.6 Å². The average Bonchev–Trinajstić information content (AvgIpc) is 2.72. The van der Waals surface area contributed by atoms with E-state index in [0.29, 0.717) is 11.3 Å². The van der Waals surface area contributed by atoms with E-state index in [-0.39, 0.29) is 17.4 Å². The Kier molecular flexibility index (Phi) is 3.34. The van der Waals surface area contributed by atoms with Gasteiger partial charge in [0.15, 0.2) is 5.76 Å². The molecule has 1 amide bonds. The van der Waals surface area contributed by atoms with E-state index in [1.165, 1.54) is 0 Å². The maximum Gasteiger partial charge on any atom is 0.410 e. The molecule has 7 nitrogen and oxygen atoms in total. The van der Waals surface area contributed by atoms with Crippen LogP contribution in [0.1, 0.15) is 11.3 Å². The largest absolute Gasteiger partial charge is 0.434 e. The number of ether oxygens (including phenoxy) is 2. The van der Waals surface area contributed by atoms with Crippen molar-refractivity contribution in [3.8, 4) is 23.4 Å². The molecule has 7 heteroatoms. The third kappa shape index (κ3) is 2.81. The number of rotatable bonds is 3. The molecule has 0 atom stereocenters. The number of hydrogen-bond donors (Lipinski definition) is 1. The fourth-order valence-electron chi connectivity index (χ4n) is 1.33. The summed E-state index contributed by atoms with van der Waals surface area (Å²) in [4.78, 5) is 10.7. The van der Waals surface area contributed by atoms with Gasteiger partial charge in [-0.3, -0.25) is 0 Å². The summed E-state index contributed by atoms with van der Waals surface area (Å²) in [6, 6.07) is 8.30. The number of aromatic nitrogens is 1. The van der Waals surface area contributed by atoms with E-state index in [1.807, 2.05) is 6.07 Å². The lowest BCUT2D eigenvalue weighted by Gasteiger charge is -2.03. The molecular formula is C12H9N3O4. The summed E-state index contributed by atoms with van der Waals surface area (Å²) in [5, 5.41) is 12.3. The van der Waals surface area contributed by atoms with Crippen molar-refractivity contribution >= 4 is 6.09 Å². The van der Waals surface area contributed by atoms with Crippen LogP contribution in [0, 0.1) is 18.3 Å². The van der Waals surface area contributed by atoms with E-state index >= 15 is 0 Å². The first-order valence-corrected chi connectivity index (χ1v) is 5.21. The molecule has 0 saturated carbocycles. The molecule has 0 bridgehead atoms. The van der Waals surface area contributed by atoms with E-state index < -0.39 is 6.09 Å². The van der Waals surface area contributed by atoms with Crippen LogP contribution in [0.25, 0.3) is 0 Å². The SMILES string of the molecule is Cc1onc(Oc2ccc(C#N)cc2)c1OC(N)=O. The average molecular weight is 259 g/mol. The predicted molar refractivity (Wildman–Crippen MR) is 62.7 cm³/mol. The maximum absolute atomic E-state index is 10.7. The van der Waals surface area contributed by atoms with Crippen molar-refractivity contribution in [2.24, 2.45) is 5.73 Å². The molecule has 0 aliphatic carbocycles. The fourth-order valence-corrected chi connectivity index (χ4v) is 1.33. The van der Waals surface area contributed by atoms with Gasteiger partial charge in [0.25, 0.3) is 0 Å². The summed E-state index contributed by atoms with van der Waals surface area (Å²) in [5.41, 5.74) is 5.43. The number of amides is 1. The Morgan fingerprint density at radius 1 is 1.42 bits per heavy atom. The third-order valence-corrected chi connectivity index (χ3v) is 2.18. The Labute approximate surface area is 108 Å². The van der Waals surface area contributed by atoms with E-state index in [1.54, 1.807) is 31.2 Å². The van der Waals surface area contributed by atoms with E-state index in [4.69, 9.17) is 25.0 Å². The first-order chi connectivity index (χ1) is 9.10. The minimum absolute atomic E-state index is 0.0130. The highest BCUT2D eigenvalue weighted by Crippen LogP contribution is 2.33. The molecule has 1 aromatic carbocycles. The highest BCUT2D eigenvalue weighted by molar-refractivity contribution is 5.69. The van der Waals surface area contributed by atoms with Crippen LogP contribution in [0.3, 0.4) is 0 Å². The molecule has 19 heavy (non-hydrogen) atoms. The number of aryl methyl sites for hydroxylation is 1. The van der Waals surface area contributed by atoms with Crippen molar-refractivity contribution in [2.45, 2.75) is 6.92 Å². The standard InChI is InChI=1S/C12H9N3O4/c1-7-10(18-12(14)16)11(15-19-7)17-9-4-2-8(6-13)3-5-9/h2-5H,1H3,(H2,14,16). The number of benzene rings is 1. The summed E-state index contributed by atoms with van der Waals surface area (Å²) in [7, 11) is 0. The summed E-state index contributed by atoms with van der Waals surface area (Å²) in [6.45, 7) is 1.55. The molecule has 0 radical (unpaired) electrons. The Morgan fingerprint density at radius 2 is 2.11 bits per heavy atom. The fraction of sp³-hybridized carbons (Fsp3) is 0.0833. The Hall–Kier alpha value is -3.01. The van der Waals surface area contributed by atoms with Gasteiger partial charge >= 0.3 is 12.0 Å². The van der Waals surface area contributed by atoms with Gasteiger partial charge in [-0.2, -0.15) is 5.26 Å². The molecule has 1 aromatic heterocycles. The number of hydrogen-bond acceptors (Lipinski definition) is 6. The molecule has 1 heterocycles. The number of nitrogens with zero attached hydrogens (tertiary/aromatic N) is 2. The Balaban J connectivity index is 2.23. The summed E-state index contributed by atoms with van der Waals surface area (Å²) in [5.74, 6) is 0.696. The minimum atomic E-state index is -0.990. The lowest BCUT2D eigenvalue weighted by molar-refractivity contribution is 0.208. The zero-order chi connectivity index (χ0) is 13.8. The summed E-state index contributed by atoms with van der Waals surface area (Å²) in [6.07, 6.45) is -0.990. The van der Waals surface area contributed by atoms with Gasteiger partial charge in [0, 0.05) is 6.92 Å². The lowest BCUT2D eigenvalue weighted by Crippen LogP contribution is -2.16. The Morgan fingerprint density at radius 3 is 2.68 bits per heavy atom. The van der Waals surface area contributed by atoms with Crippen molar-refractivity contribution in [2.75, 3.05) is 0 Å². The molecule has 0 spiro atoms. The number of carbonyl (C=O) groups is 1. The minimum Gasteiger partial charge on any atom is -0.434 e. The second kappa shape index (κ2) is 5.10. The van der Waals surface area contributed by atoms with Crippen LogP contribution >= 0.6 is 0 Å². The van der Waals surface area contributed by atoms with Gasteiger partial charge in [0.05, 0.1) is 11.6 Å². The molecule has 0 aliphatic heterocycles. The van der Waals surface area contributed by atoms with Gasteiger partial charge in [-0.1, -0.05) is 0 Å². The van der Waals surface area contributed by atoms with Crippen LogP contribution in [-0.4, -0.2) is 11.2 Å². The molecule has 0 aliphatic rings. The molecule has 96 valence electrons. The number of nitrogens with two attached hydrogens (primary N) is 1. The highest BCUT2D eigenvalue weighted by Gasteiger charge is 2.18. The normalized spacial score (nSPS) is 9.68. The van der Waals surface area contributed by atoms with Crippen LogP contribution in [0.4, 0.5) is 4.79 Å². The molecule has 2 aromatic rings. The van der Waals surface area contributed by atoms with Gasteiger partial charge in [-0.05, 0) is 29.4 Å². The van der Waals surface area contributed by atoms with Crippen molar-refractivity contribution in [3.63, 3.8) is 0 Å². The molecule has 0 unspecified atom stereocenters. The van der Waals surface area contributed by atoms with Gasteiger partial charge in [0.2, 0.25) is 5.75 Å². The van der Waals surface area contributed by atoms with E-state index in [9.17, 15) is 4.79 Å². The third-order valence-electron chi connectivity index (χ3n) is 2.18. The molecule has 2 N–H and O–H groups in total. The van der Waals surface area contributed by atoms with Crippen molar-refractivity contribution < 1.29 is 18.8 Å². The van der Waals surface area contributed by atoms with E-state index in [2.05, 4.69) is 5.16 Å².